The number of hydrogen-bond donors (Lipinski definition) is 1. The maximum atomic E-state index is 12.6. The van der Waals surface area contributed by atoms with Crippen LogP contribution in [0.25, 0.3) is 10.6 Å². The topological polar surface area (TPSA) is 104 Å². The minimum atomic E-state index is -0.612. The highest BCUT2D eigenvalue weighted by molar-refractivity contribution is 7.13. The van der Waals surface area contributed by atoms with Crippen molar-refractivity contribution in [3.8, 4) is 22.1 Å². The van der Waals surface area contributed by atoms with Crippen LogP contribution < -0.4 is 14.8 Å². The summed E-state index contributed by atoms with van der Waals surface area (Å²) in [4.78, 5) is 27.6. The summed E-state index contributed by atoms with van der Waals surface area (Å²) in [5.41, 5.74) is 1.02. The molecule has 1 aliphatic rings. The molecule has 8 nitrogen and oxygen atoms in total. The van der Waals surface area contributed by atoms with Gasteiger partial charge in [-0.25, -0.2) is 4.98 Å². The first-order valence-corrected chi connectivity index (χ1v) is 8.89. The minimum absolute atomic E-state index is 0.0896. The number of thiazole rings is 1. The van der Waals surface area contributed by atoms with Crippen LogP contribution in [-0.4, -0.2) is 29.0 Å². The summed E-state index contributed by atoms with van der Waals surface area (Å²) in [5, 5.41) is 16.8. The van der Waals surface area contributed by atoms with Crippen molar-refractivity contribution in [1.29, 1.82) is 0 Å². The molecule has 0 bridgehead atoms. The van der Waals surface area contributed by atoms with Crippen LogP contribution in [0.4, 0.5) is 11.4 Å². The average Bonchev–Trinajstić information content (AvgIpc) is 3.22. The zero-order valence-electron chi connectivity index (χ0n) is 13.9. The first-order valence-electron chi connectivity index (χ1n) is 8.01. The molecule has 1 aromatic heterocycles. The lowest BCUT2D eigenvalue weighted by molar-refractivity contribution is -0.385. The van der Waals surface area contributed by atoms with E-state index >= 15 is 0 Å². The number of nitro groups is 1. The normalized spacial score (nSPS) is 12.4. The van der Waals surface area contributed by atoms with Gasteiger partial charge < -0.3 is 14.8 Å². The Morgan fingerprint density at radius 2 is 1.85 bits per heavy atom. The Kier molecular flexibility index (Phi) is 4.43. The van der Waals surface area contributed by atoms with E-state index in [1.54, 1.807) is 18.3 Å². The molecule has 1 amide bonds. The third-order valence-corrected chi connectivity index (χ3v) is 4.75. The summed E-state index contributed by atoms with van der Waals surface area (Å²) in [5.74, 6) is -0.0194. The number of nitro benzene ring substituents is 1. The second kappa shape index (κ2) is 7.04. The molecule has 0 radical (unpaired) electrons. The van der Waals surface area contributed by atoms with Crippen LogP contribution in [0.5, 0.6) is 11.5 Å². The number of carbonyl (C=O) groups excluding carboxylic acids is 1. The molecule has 3 aromatic rings. The molecule has 136 valence electrons. The van der Waals surface area contributed by atoms with E-state index in [1.165, 1.54) is 23.5 Å². The fourth-order valence-electron chi connectivity index (χ4n) is 2.67. The van der Waals surface area contributed by atoms with Crippen LogP contribution >= 0.6 is 11.3 Å². The van der Waals surface area contributed by atoms with Gasteiger partial charge in [-0.1, -0.05) is 0 Å². The zero-order chi connectivity index (χ0) is 18.8. The Morgan fingerprint density at radius 1 is 1.15 bits per heavy atom. The van der Waals surface area contributed by atoms with Gasteiger partial charge in [0.15, 0.2) is 11.5 Å². The molecule has 1 N–H and O–H groups in total. The smallest absolute Gasteiger partial charge is 0.286 e. The lowest BCUT2D eigenvalue weighted by atomic mass is 10.1. The monoisotopic (exact) mass is 383 g/mol. The van der Waals surface area contributed by atoms with Gasteiger partial charge >= 0.3 is 0 Å². The van der Waals surface area contributed by atoms with Crippen LogP contribution in [0.15, 0.2) is 48.0 Å². The number of fused-ring (bicyclic) bond motifs is 1. The summed E-state index contributed by atoms with van der Waals surface area (Å²) >= 11 is 1.51. The van der Waals surface area contributed by atoms with Crippen LogP contribution in [0, 0.1) is 10.1 Å². The molecular formula is C18H13N3O5S. The number of benzene rings is 2. The fraction of sp³-hybridized carbons (Fsp3) is 0.111. The van der Waals surface area contributed by atoms with Gasteiger partial charge in [0, 0.05) is 28.9 Å². The van der Waals surface area contributed by atoms with Crippen molar-refractivity contribution in [3.05, 3.63) is 63.7 Å². The van der Waals surface area contributed by atoms with Crippen molar-refractivity contribution < 1.29 is 19.2 Å². The van der Waals surface area contributed by atoms with Crippen LogP contribution in [0.2, 0.25) is 0 Å². The average molecular weight is 383 g/mol. The van der Waals surface area contributed by atoms with Gasteiger partial charge in [0.2, 0.25) is 0 Å². The maximum absolute atomic E-state index is 12.6. The number of hydrogen-bond acceptors (Lipinski definition) is 7. The van der Waals surface area contributed by atoms with Crippen LogP contribution in [0.1, 0.15) is 10.4 Å². The molecule has 0 atom stereocenters. The molecule has 9 heteroatoms. The molecule has 2 heterocycles. The summed E-state index contributed by atoms with van der Waals surface area (Å²) in [6.45, 7) is 0.630. The maximum Gasteiger partial charge on any atom is 0.286 e. The molecule has 27 heavy (non-hydrogen) atoms. The number of nitrogens with zero attached hydrogens (tertiary/aromatic N) is 2. The van der Waals surface area contributed by atoms with Gasteiger partial charge in [0.25, 0.3) is 11.6 Å². The number of ether oxygens (including phenoxy) is 2. The number of anilines is 1. The van der Waals surface area contributed by atoms with Crippen LogP contribution in [0.3, 0.4) is 0 Å². The summed E-state index contributed by atoms with van der Waals surface area (Å²) in [6.07, 6.45) is 1.72. The van der Waals surface area contributed by atoms with Crippen molar-refractivity contribution in [2.24, 2.45) is 0 Å². The predicted octanol–water partition coefficient (Wildman–Crippen LogP) is 3.74. The summed E-state index contributed by atoms with van der Waals surface area (Å²) in [6, 6.07) is 9.65. The van der Waals surface area contributed by atoms with E-state index in [2.05, 4.69) is 10.3 Å². The van der Waals surface area contributed by atoms with E-state index in [1.807, 2.05) is 17.5 Å². The Balaban J connectivity index is 1.60. The molecule has 2 aromatic carbocycles. The first kappa shape index (κ1) is 17.0. The van der Waals surface area contributed by atoms with Crippen molar-refractivity contribution in [3.63, 3.8) is 0 Å². The van der Waals surface area contributed by atoms with Gasteiger partial charge in [-0.2, -0.15) is 0 Å². The number of aromatic nitrogens is 1. The van der Waals surface area contributed by atoms with Crippen molar-refractivity contribution in [2.45, 2.75) is 0 Å². The van der Waals surface area contributed by atoms with Gasteiger partial charge in [-0.05, 0) is 24.3 Å². The Morgan fingerprint density at radius 3 is 2.48 bits per heavy atom. The Labute approximate surface area is 157 Å². The minimum Gasteiger partial charge on any atom is -0.486 e. The highest BCUT2D eigenvalue weighted by Crippen LogP contribution is 2.37. The highest BCUT2D eigenvalue weighted by Gasteiger charge is 2.26. The van der Waals surface area contributed by atoms with Crippen LogP contribution in [-0.2, 0) is 0 Å². The molecule has 0 saturated heterocycles. The lowest BCUT2D eigenvalue weighted by Gasteiger charge is -2.18. The molecule has 0 saturated carbocycles. The number of rotatable bonds is 4. The van der Waals surface area contributed by atoms with E-state index in [4.69, 9.17) is 9.47 Å². The van der Waals surface area contributed by atoms with E-state index in [9.17, 15) is 14.9 Å². The van der Waals surface area contributed by atoms with E-state index in [0.717, 1.165) is 10.6 Å². The zero-order valence-corrected chi connectivity index (χ0v) is 14.7. The third kappa shape index (κ3) is 3.44. The van der Waals surface area contributed by atoms with E-state index in [-0.39, 0.29) is 17.0 Å². The quantitative estimate of drug-likeness (QED) is 0.544. The second-order valence-electron chi connectivity index (χ2n) is 5.64. The molecule has 0 fully saturated rings. The van der Waals surface area contributed by atoms with Gasteiger partial charge in [0.1, 0.15) is 23.8 Å². The lowest BCUT2D eigenvalue weighted by Crippen LogP contribution is -2.18. The number of nitrogens with one attached hydrogen (secondary N) is 1. The SMILES string of the molecule is O=C(Nc1ccc(-c2nccs2)cc1)c1cc2c(cc1[N+](=O)[O-])OCCO2. The molecule has 0 unspecified atom stereocenters. The summed E-state index contributed by atoms with van der Waals surface area (Å²) < 4.78 is 10.8. The number of carbonyl (C=O) groups is 1. The van der Waals surface area contributed by atoms with Gasteiger partial charge in [-0.15, -0.1) is 11.3 Å². The fourth-order valence-corrected chi connectivity index (χ4v) is 3.32. The van der Waals surface area contributed by atoms with Crippen molar-refractivity contribution in [1.82, 2.24) is 4.98 Å². The number of amides is 1. The standard InChI is InChI=1S/C18H13N3O5S/c22-17(20-12-3-1-11(2-4-12)18-19-5-8-27-18)13-9-15-16(26-7-6-25-15)10-14(13)21(23)24/h1-5,8-10H,6-7H2,(H,20,22). The molecule has 0 spiro atoms. The molecular weight excluding hydrogens is 370 g/mol. The predicted molar refractivity (Wildman–Crippen MR) is 99.6 cm³/mol. The largest absolute Gasteiger partial charge is 0.486 e. The van der Waals surface area contributed by atoms with E-state index < -0.39 is 10.8 Å². The first-order chi connectivity index (χ1) is 13.1. The Hall–Kier alpha value is -3.46. The Bertz CT molecular complexity index is 1000. The van der Waals surface area contributed by atoms with Gasteiger partial charge in [-0.3, -0.25) is 14.9 Å². The third-order valence-electron chi connectivity index (χ3n) is 3.92. The van der Waals surface area contributed by atoms with E-state index in [0.29, 0.717) is 24.7 Å². The molecule has 0 aliphatic carbocycles. The highest BCUT2D eigenvalue weighted by atomic mass is 32.1. The van der Waals surface area contributed by atoms with Crippen molar-refractivity contribution in [2.75, 3.05) is 18.5 Å². The molecule has 1 aliphatic heterocycles. The second-order valence-corrected chi connectivity index (χ2v) is 6.53. The van der Waals surface area contributed by atoms with Crippen molar-refractivity contribution >= 4 is 28.6 Å². The summed E-state index contributed by atoms with van der Waals surface area (Å²) in [7, 11) is 0. The van der Waals surface area contributed by atoms with Gasteiger partial charge in [0.05, 0.1) is 11.0 Å². The molecule has 4 rings (SSSR count).